The molecule has 1 unspecified atom stereocenters. The SMILES string of the molecule is COc1ccc(F)cc1C(C)(C)CC(O)(CN1CC(=O)OC2=C1C=CCC2)C(F)(F)F. The molecule has 1 aromatic rings. The number of halogens is 4. The molecule has 0 saturated carbocycles. The summed E-state index contributed by atoms with van der Waals surface area (Å²) in [5.41, 5.74) is -3.94. The van der Waals surface area contributed by atoms with Crippen LogP contribution in [0, 0.1) is 5.82 Å². The third-order valence-electron chi connectivity index (χ3n) is 5.60. The molecule has 2 aliphatic rings. The molecule has 1 heterocycles. The van der Waals surface area contributed by atoms with Gasteiger partial charge in [-0.2, -0.15) is 13.2 Å². The third-order valence-corrected chi connectivity index (χ3v) is 5.60. The summed E-state index contributed by atoms with van der Waals surface area (Å²) >= 11 is 0. The summed E-state index contributed by atoms with van der Waals surface area (Å²) in [5, 5.41) is 10.9. The first-order chi connectivity index (χ1) is 14.4. The number of ether oxygens (including phenoxy) is 2. The van der Waals surface area contributed by atoms with E-state index in [0.29, 0.717) is 24.3 Å². The summed E-state index contributed by atoms with van der Waals surface area (Å²) in [4.78, 5) is 13.1. The minimum atomic E-state index is -5.01. The van der Waals surface area contributed by atoms with Gasteiger partial charge >= 0.3 is 12.1 Å². The number of aliphatic hydroxyl groups is 1. The second kappa shape index (κ2) is 8.18. The average Bonchev–Trinajstić information content (AvgIpc) is 2.66. The monoisotopic (exact) mass is 443 g/mol. The van der Waals surface area contributed by atoms with Gasteiger partial charge in [-0.05, 0) is 42.5 Å². The number of carbonyl (C=O) groups is 1. The Morgan fingerprint density at radius 1 is 1.26 bits per heavy atom. The number of hydrogen-bond acceptors (Lipinski definition) is 5. The maximum atomic E-state index is 14.2. The Morgan fingerprint density at radius 2 is 1.97 bits per heavy atom. The highest BCUT2D eigenvalue weighted by Crippen LogP contribution is 2.45. The average molecular weight is 443 g/mol. The van der Waals surface area contributed by atoms with Crippen molar-refractivity contribution in [1.82, 2.24) is 4.90 Å². The topological polar surface area (TPSA) is 59.0 Å². The Hall–Kier alpha value is -2.55. The second-order valence-corrected chi connectivity index (χ2v) is 8.51. The van der Waals surface area contributed by atoms with Crippen LogP contribution < -0.4 is 4.74 Å². The maximum Gasteiger partial charge on any atom is 0.418 e. The Kier molecular flexibility index (Phi) is 6.10. The van der Waals surface area contributed by atoms with E-state index in [-0.39, 0.29) is 11.3 Å². The van der Waals surface area contributed by atoms with E-state index in [1.807, 2.05) is 0 Å². The van der Waals surface area contributed by atoms with Crippen LogP contribution in [-0.2, 0) is 14.9 Å². The van der Waals surface area contributed by atoms with Gasteiger partial charge in [0.1, 0.15) is 23.9 Å². The van der Waals surface area contributed by atoms with Crippen molar-refractivity contribution in [3.05, 3.63) is 53.2 Å². The largest absolute Gasteiger partial charge is 0.496 e. The zero-order valence-corrected chi connectivity index (χ0v) is 17.6. The van der Waals surface area contributed by atoms with Gasteiger partial charge in [-0.1, -0.05) is 19.9 Å². The van der Waals surface area contributed by atoms with E-state index in [1.165, 1.54) is 31.9 Å². The maximum absolute atomic E-state index is 14.2. The molecule has 1 N–H and O–H groups in total. The van der Waals surface area contributed by atoms with Crippen molar-refractivity contribution < 1.29 is 36.9 Å². The van der Waals surface area contributed by atoms with Gasteiger partial charge in [-0.3, -0.25) is 0 Å². The smallest absolute Gasteiger partial charge is 0.418 e. The first kappa shape index (κ1) is 23.1. The minimum Gasteiger partial charge on any atom is -0.496 e. The predicted molar refractivity (Wildman–Crippen MR) is 105 cm³/mol. The van der Waals surface area contributed by atoms with Crippen LogP contribution in [-0.4, -0.2) is 48.0 Å². The van der Waals surface area contributed by atoms with E-state index >= 15 is 0 Å². The summed E-state index contributed by atoms with van der Waals surface area (Å²) in [5.74, 6) is -0.781. The van der Waals surface area contributed by atoms with Crippen molar-refractivity contribution >= 4 is 5.97 Å². The van der Waals surface area contributed by atoms with Gasteiger partial charge in [0.25, 0.3) is 0 Å². The van der Waals surface area contributed by atoms with Gasteiger partial charge in [0.15, 0.2) is 5.60 Å². The molecular formula is C22H25F4NO4. The Labute approximate surface area is 177 Å². The molecule has 0 amide bonds. The highest BCUT2D eigenvalue weighted by atomic mass is 19.4. The first-order valence-corrected chi connectivity index (χ1v) is 9.85. The molecule has 1 aliphatic heterocycles. The van der Waals surface area contributed by atoms with Crippen molar-refractivity contribution in [2.75, 3.05) is 20.2 Å². The van der Waals surface area contributed by atoms with Crippen LogP contribution in [0.25, 0.3) is 0 Å². The molecule has 0 spiro atoms. The Morgan fingerprint density at radius 3 is 2.61 bits per heavy atom. The molecule has 31 heavy (non-hydrogen) atoms. The fraction of sp³-hybridized carbons (Fsp3) is 0.500. The lowest BCUT2D eigenvalue weighted by Gasteiger charge is -2.43. The highest BCUT2D eigenvalue weighted by Gasteiger charge is 2.57. The summed E-state index contributed by atoms with van der Waals surface area (Å²) in [6.07, 6.45) is -1.41. The number of carbonyl (C=O) groups excluding carboxylic acids is 1. The normalized spacial score (nSPS) is 19.1. The first-order valence-electron chi connectivity index (χ1n) is 9.85. The lowest BCUT2D eigenvalue weighted by atomic mass is 9.74. The van der Waals surface area contributed by atoms with E-state index in [4.69, 9.17) is 9.47 Å². The van der Waals surface area contributed by atoms with Crippen molar-refractivity contribution in [1.29, 1.82) is 0 Å². The standard InChI is InChI=1S/C22H25F4NO4/c1-20(2,15-10-14(23)8-9-17(15)30-3)12-21(29,22(24,25)26)13-27-11-19(28)31-18-7-5-4-6-16(18)27/h4,6,8-10,29H,5,7,11-13H2,1-3H3. The molecule has 170 valence electrons. The number of alkyl halides is 3. The zero-order chi connectivity index (χ0) is 23.0. The Bertz CT molecular complexity index is 923. The van der Waals surface area contributed by atoms with Crippen molar-refractivity contribution in [3.63, 3.8) is 0 Å². The molecule has 1 aliphatic carbocycles. The fourth-order valence-corrected chi connectivity index (χ4v) is 4.16. The summed E-state index contributed by atoms with van der Waals surface area (Å²) in [6.45, 7) is 1.69. The molecule has 0 bridgehead atoms. The van der Waals surface area contributed by atoms with Crippen LogP contribution in [0.15, 0.2) is 41.8 Å². The van der Waals surface area contributed by atoms with E-state index in [2.05, 4.69) is 0 Å². The van der Waals surface area contributed by atoms with E-state index in [0.717, 1.165) is 12.1 Å². The van der Waals surface area contributed by atoms with Gasteiger partial charge in [-0.25, -0.2) is 9.18 Å². The molecule has 0 aromatic heterocycles. The van der Waals surface area contributed by atoms with Gasteiger partial charge in [0, 0.05) is 12.0 Å². The molecule has 3 rings (SSSR count). The lowest BCUT2D eigenvalue weighted by Crippen LogP contribution is -2.57. The molecule has 5 nitrogen and oxygen atoms in total. The van der Waals surface area contributed by atoms with Gasteiger partial charge in [0.2, 0.25) is 0 Å². The van der Waals surface area contributed by atoms with Crippen LogP contribution in [0.3, 0.4) is 0 Å². The molecule has 0 radical (unpaired) electrons. The lowest BCUT2D eigenvalue weighted by molar-refractivity contribution is -0.270. The summed E-state index contributed by atoms with van der Waals surface area (Å²) in [7, 11) is 1.34. The van der Waals surface area contributed by atoms with Crippen LogP contribution in [0.4, 0.5) is 17.6 Å². The zero-order valence-electron chi connectivity index (χ0n) is 17.6. The van der Waals surface area contributed by atoms with Crippen molar-refractivity contribution in [2.45, 2.75) is 50.3 Å². The predicted octanol–water partition coefficient (Wildman–Crippen LogP) is 4.22. The number of β-amino-alcohol motifs (C(OH)–C–C–N with tert-alkyl or cyclic N) is 1. The summed E-state index contributed by atoms with van der Waals surface area (Å²) in [6, 6.07) is 3.60. The van der Waals surface area contributed by atoms with E-state index in [9.17, 15) is 27.5 Å². The van der Waals surface area contributed by atoms with Crippen LogP contribution >= 0.6 is 0 Å². The molecule has 1 atom stereocenters. The number of allylic oxidation sites excluding steroid dienone is 3. The van der Waals surface area contributed by atoms with E-state index in [1.54, 1.807) is 12.2 Å². The number of methoxy groups -OCH3 is 1. The summed E-state index contributed by atoms with van der Waals surface area (Å²) < 4.78 is 66.7. The van der Waals surface area contributed by atoms with Crippen molar-refractivity contribution in [3.8, 4) is 5.75 Å². The van der Waals surface area contributed by atoms with Gasteiger partial charge in [0.05, 0.1) is 19.4 Å². The molecule has 0 fully saturated rings. The van der Waals surface area contributed by atoms with E-state index < -0.39 is 48.5 Å². The fourth-order valence-electron chi connectivity index (χ4n) is 4.16. The minimum absolute atomic E-state index is 0.202. The third kappa shape index (κ3) is 4.71. The quantitative estimate of drug-likeness (QED) is 0.527. The van der Waals surface area contributed by atoms with Crippen LogP contribution in [0.2, 0.25) is 0 Å². The number of hydrogen-bond donors (Lipinski definition) is 1. The van der Waals surface area contributed by atoms with Gasteiger partial charge < -0.3 is 19.5 Å². The van der Waals surface area contributed by atoms with Crippen molar-refractivity contribution in [2.24, 2.45) is 0 Å². The second-order valence-electron chi connectivity index (χ2n) is 8.51. The highest BCUT2D eigenvalue weighted by molar-refractivity contribution is 5.75. The van der Waals surface area contributed by atoms with Crippen LogP contribution in [0.1, 0.15) is 38.7 Å². The van der Waals surface area contributed by atoms with Gasteiger partial charge in [-0.15, -0.1) is 0 Å². The molecule has 0 saturated heterocycles. The number of rotatable bonds is 6. The molecule has 1 aromatic carbocycles. The number of benzene rings is 1. The molecule has 9 heteroatoms. The van der Waals surface area contributed by atoms with Crippen LogP contribution in [0.5, 0.6) is 5.75 Å². The number of nitrogens with zero attached hydrogens (tertiary/aromatic N) is 1. The Balaban J connectivity index is 1.97. The number of esters is 1. The molecular weight excluding hydrogens is 418 g/mol.